The summed E-state index contributed by atoms with van der Waals surface area (Å²) in [5.41, 5.74) is 7.05. The first-order chi connectivity index (χ1) is 8.58. The molecule has 100 valence electrons. The summed E-state index contributed by atoms with van der Waals surface area (Å²) in [5, 5.41) is 0. The van der Waals surface area contributed by atoms with Gasteiger partial charge in [-0.2, -0.15) is 0 Å². The van der Waals surface area contributed by atoms with Gasteiger partial charge >= 0.3 is 0 Å². The monoisotopic (exact) mass is 248 g/mol. The van der Waals surface area contributed by atoms with E-state index in [-0.39, 0.29) is 0 Å². The van der Waals surface area contributed by atoms with E-state index in [4.69, 9.17) is 10.7 Å². The Morgan fingerprint density at radius 1 is 1.28 bits per heavy atom. The lowest BCUT2D eigenvalue weighted by Crippen LogP contribution is -2.36. The first-order valence-corrected chi connectivity index (χ1v) is 6.99. The van der Waals surface area contributed by atoms with E-state index in [2.05, 4.69) is 30.7 Å². The molecule has 0 amide bonds. The molecule has 1 aromatic heterocycles. The average molecular weight is 248 g/mol. The summed E-state index contributed by atoms with van der Waals surface area (Å²) in [7, 11) is 0. The van der Waals surface area contributed by atoms with Crippen LogP contribution in [0.4, 0.5) is 11.6 Å². The van der Waals surface area contributed by atoms with Crippen LogP contribution in [0.3, 0.4) is 0 Å². The highest BCUT2D eigenvalue weighted by molar-refractivity contribution is 5.58. The molecule has 2 N–H and O–H groups in total. The molecule has 0 radical (unpaired) electrons. The molecule has 4 heteroatoms. The van der Waals surface area contributed by atoms with Crippen LogP contribution in [0.15, 0.2) is 0 Å². The Morgan fingerprint density at radius 3 is 2.61 bits per heavy atom. The van der Waals surface area contributed by atoms with Gasteiger partial charge in [-0.05, 0) is 33.1 Å². The smallest absolute Gasteiger partial charge is 0.137 e. The van der Waals surface area contributed by atoms with Crippen LogP contribution >= 0.6 is 0 Å². The number of hydrogen-bond donors (Lipinski definition) is 1. The van der Waals surface area contributed by atoms with Gasteiger partial charge in [-0.1, -0.05) is 13.8 Å². The Balaban J connectivity index is 2.45. The predicted molar refractivity (Wildman–Crippen MR) is 75.8 cm³/mol. The molecular formula is C14H24N4. The van der Waals surface area contributed by atoms with Crippen molar-refractivity contribution in [1.29, 1.82) is 0 Å². The largest absolute Gasteiger partial charge is 0.383 e. The number of rotatable bonds is 3. The van der Waals surface area contributed by atoms with E-state index in [1.807, 2.05) is 6.92 Å². The number of anilines is 2. The molecule has 0 aromatic carbocycles. The third-order valence-corrected chi connectivity index (χ3v) is 4.02. The van der Waals surface area contributed by atoms with Crippen LogP contribution in [0.1, 0.15) is 51.4 Å². The van der Waals surface area contributed by atoms with Crippen LogP contribution < -0.4 is 10.6 Å². The fraction of sp³-hybridized carbons (Fsp3) is 0.714. The van der Waals surface area contributed by atoms with Crippen LogP contribution in [0.2, 0.25) is 0 Å². The summed E-state index contributed by atoms with van der Waals surface area (Å²) in [6.45, 7) is 8.62. The number of aryl methyl sites for hydroxylation is 1. The maximum Gasteiger partial charge on any atom is 0.137 e. The van der Waals surface area contributed by atoms with Crippen LogP contribution in [-0.4, -0.2) is 22.1 Å². The molecule has 2 unspecified atom stereocenters. The Morgan fingerprint density at radius 2 is 2.00 bits per heavy atom. The molecule has 1 saturated heterocycles. The van der Waals surface area contributed by atoms with Crippen molar-refractivity contribution in [3.63, 3.8) is 0 Å². The van der Waals surface area contributed by atoms with Crippen LogP contribution in [-0.2, 0) is 6.42 Å². The van der Waals surface area contributed by atoms with E-state index in [0.29, 0.717) is 17.9 Å². The SMILES string of the molecule is CCc1nc(N)c(C)c(N2C(C)CCC2CC)n1. The first-order valence-electron chi connectivity index (χ1n) is 6.99. The standard InChI is InChI=1S/C14H24N4/c1-5-11-8-7-9(3)18(11)14-10(4)13(15)16-12(6-2)17-14/h9,11H,5-8H2,1-4H3,(H2,15,16,17). The number of nitrogens with two attached hydrogens (primary N) is 1. The van der Waals surface area contributed by atoms with Gasteiger partial charge in [-0.25, -0.2) is 9.97 Å². The van der Waals surface area contributed by atoms with E-state index in [1.54, 1.807) is 0 Å². The lowest BCUT2D eigenvalue weighted by molar-refractivity contribution is 0.617. The van der Waals surface area contributed by atoms with E-state index in [0.717, 1.165) is 30.0 Å². The van der Waals surface area contributed by atoms with Crippen molar-refractivity contribution in [3.05, 3.63) is 11.4 Å². The third-order valence-electron chi connectivity index (χ3n) is 4.02. The first kappa shape index (κ1) is 13.1. The molecule has 2 atom stereocenters. The fourth-order valence-electron chi connectivity index (χ4n) is 2.83. The summed E-state index contributed by atoms with van der Waals surface area (Å²) < 4.78 is 0. The zero-order valence-corrected chi connectivity index (χ0v) is 11.9. The van der Waals surface area contributed by atoms with Crippen molar-refractivity contribution < 1.29 is 0 Å². The Bertz CT molecular complexity index is 430. The van der Waals surface area contributed by atoms with E-state index >= 15 is 0 Å². The molecule has 4 nitrogen and oxygen atoms in total. The van der Waals surface area contributed by atoms with Crippen molar-refractivity contribution >= 4 is 11.6 Å². The second-order valence-corrected chi connectivity index (χ2v) is 5.22. The molecule has 1 aliphatic heterocycles. The van der Waals surface area contributed by atoms with Crippen molar-refractivity contribution in [3.8, 4) is 0 Å². The molecule has 2 rings (SSSR count). The number of nitrogen functional groups attached to an aromatic ring is 1. The van der Waals surface area contributed by atoms with Gasteiger partial charge < -0.3 is 10.6 Å². The zero-order chi connectivity index (χ0) is 13.3. The van der Waals surface area contributed by atoms with Crippen LogP contribution in [0.25, 0.3) is 0 Å². The second-order valence-electron chi connectivity index (χ2n) is 5.22. The van der Waals surface area contributed by atoms with Crippen molar-refractivity contribution in [2.24, 2.45) is 0 Å². The highest BCUT2D eigenvalue weighted by Crippen LogP contribution is 2.33. The van der Waals surface area contributed by atoms with Crippen LogP contribution in [0, 0.1) is 6.92 Å². The van der Waals surface area contributed by atoms with Crippen molar-refractivity contribution in [2.75, 3.05) is 10.6 Å². The van der Waals surface area contributed by atoms with E-state index in [9.17, 15) is 0 Å². The van der Waals surface area contributed by atoms with Gasteiger partial charge in [0.05, 0.1) is 0 Å². The summed E-state index contributed by atoms with van der Waals surface area (Å²) in [5.74, 6) is 2.53. The number of hydrogen-bond acceptors (Lipinski definition) is 4. The minimum absolute atomic E-state index is 0.549. The maximum absolute atomic E-state index is 6.02. The molecule has 2 heterocycles. The lowest BCUT2D eigenvalue weighted by Gasteiger charge is -2.31. The summed E-state index contributed by atoms with van der Waals surface area (Å²) in [6, 6.07) is 1.14. The molecule has 18 heavy (non-hydrogen) atoms. The Labute approximate surface area is 110 Å². The third kappa shape index (κ3) is 2.16. The molecule has 1 aliphatic rings. The summed E-state index contributed by atoms with van der Waals surface area (Å²) in [6.07, 6.45) is 4.48. The molecule has 0 bridgehead atoms. The zero-order valence-electron chi connectivity index (χ0n) is 11.9. The molecule has 0 spiro atoms. The Kier molecular flexibility index (Phi) is 3.73. The fourth-order valence-corrected chi connectivity index (χ4v) is 2.83. The highest BCUT2D eigenvalue weighted by atomic mass is 15.3. The topological polar surface area (TPSA) is 55.0 Å². The van der Waals surface area contributed by atoms with E-state index < -0.39 is 0 Å². The van der Waals surface area contributed by atoms with Crippen molar-refractivity contribution in [1.82, 2.24) is 9.97 Å². The molecule has 1 aromatic rings. The molecule has 1 fully saturated rings. The minimum Gasteiger partial charge on any atom is -0.383 e. The van der Waals surface area contributed by atoms with Gasteiger partial charge in [0.25, 0.3) is 0 Å². The minimum atomic E-state index is 0.549. The predicted octanol–water partition coefficient (Wildman–Crippen LogP) is 2.70. The van der Waals surface area contributed by atoms with Gasteiger partial charge in [0.2, 0.25) is 0 Å². The lowest BCUT2D eigenvalue weighted by atomic mass is 10.1. The van der Waals surface area contributed by atoms with Gasteiger partial charge in [0.15, 0.2) is 0 Å². The van der Waals surface area contributed by atoms with Crippen LogP contribution in [0.5, 0.6) is 0 Å². The van der Waals surface area contributed by atoms with Crippen molar-refractivity contribution in [2.45, 2.75) is 65.5 Å². The van der Waals surface area contributed by atoms with Gasteiger partial charge in [-0.3, -0.25) is 0 Å². The van der Waals surface area contributed by atoms with Gasteiger partial charge in [0, 0.05) is 24.1 Å². The summed E-state index contributed by atoms with van der Waals surface area (Å²) in [4.78, 5) is 11.5. The highest BCUT2D eigenvalue weighted by Gasteiger charge is 2.32. The molecule has 0 aliphatic carbocycles. The normalized spacial score (nSPS) is 23.7. The number of aromatic nitrogens is 2. The van der Waals surface area contributed by atoms with Gasteiger partial charge in [0.1, 0.15) is 17.5 Å². The van der Waals surface area contributed by atoms with E-state index in [1.165, 1.54) is 12.8 Å². The Hall–Kier alpha value is -1.32. The number of nitrogens with zero attached hydrogens (tertiary/aromatic N) is 3. The maximum atomic E-state index is 6.02. The van der Waals surface area contributed by atoms with Gasteiger partial charge in [-0.15, -0.1) is 0 Å². The average Bonchev–Trinajstić information content (AvgIpc) is 2.73. The quantitative estimate of drug-likeness (QED) is 0.893. The second kappa shape index (κ2) is 5.12. The summed E-state index contributed by atoms with van der Waals surface area (Å²) >= 11 is 0. The molecule has 0 saturated carbocycles. The molecular weight excluding hydrogens is 224 g/mol.